The first-order valence-electron chi connectivity index (χ1n) is 41.5. The zero-order valence-corrected chi connectivity index (χ0v) is 67.9. The number of allylic oxidation sites excluding steroid dienone is 22. The van der Waals surface area contributed by atoms with Crippen molar-refractivity contribution in [3.63, 3.8) is 0 Å². The summed E-state index contributed by atoms with van der Waals surface area (Å²) in [5.41, 5.74) is 0. The molecule has 0 aliphatic carbocycles. The van der Waals surface area contributed by atoms with E-state index in [1.54, 1.807) is 0 Å². The minimum Gasteiger partial charge on any atom is -0.463 e. The molecule has 16 nitrogen and oxygen atoms in total. The van der Waals surface area contributed by atoms with Gasteiger partial charge in [-0.15, -0.1) is 0 Å². The molecule has 0 aliphatic heterocycles. The van der Waals surface area contributed by atoms with Crippen LogP contribution in [0.25, 0.3) is 0 Å². The molecule has 18 heteroatoms. The van der Waals surface area contributed by atoms with Crippen LogP contribution in [0.2, 0.25) is 0 Å². The molecule has 0 saturated heterocycles. The highest BCUT2D eigenvalue weighted by Gasteiger charge is 2.29. The summed E-state index contributed by atoms with van der Waals surface area (Å²) in [5, 5.41) is 20.7. The summed E-state index contributed by atoms with van der Waals surface area (Å²) in [6.07, 6.45) is 96.4. The minimum absolute atomic E-state index is 0.105. The van der Waals surface area contributed by atoms with Gasteiger partial charge in [0.1, 0.15) is 25.4 Å². The summed E-state index contributed by atoms with van der Waals surface area (Å²) < 4.78 is 61.2. The van der Waals surface area contributed by atoms with Crippen molar-refractivity contribution in [1.82, 2.24) is 0 Å². The van der Waals surface area contributed by atoms with Gasteiger partial charge in [0.25, 0.3) is 0 Å². The third-order valence-electron chi connectivity index (χ3n) is 17.4. The van der Waals surface area contributed by atoms with E-state index in [4.69, 9.17) is 32.3 Å². The number of rotatable bonds is 78. The SMILES string of the molecule is CC/C=C\C/C=C\C/C=C\C/C=C\C/C=C\C/C=C\CCCCCCCCCCCCCCC(=O)OCC(O)COP(=O)(O)OCC(O)COP(=O)(O)OCC(COC(=O)CCCCCCCCCCC/C=C\C/C=C\C/C=C\C/C=C\C/C=C\CC)OC(=O)CCCCCCCCCCCCCCC. The van der Waals surface area contributed by atoms with Crippen molar-refractivity contribution in [2.75, 3.05) is 39.6 Å². The molecule has 5 atom stereocenters. The second kappa shape index (κ2) is 79.2. The summed E-state index contributed by atoms with van der Waals surface area (Å²) in [4.78, 5) is 58.7. The molecule has 0 aromatic rings. The van der Waals surface area contributed by atoms with Crippen molar-refractivity contribution in [3.05, 3.63) is 134 Å². The van der Waals surface area contributed by atoms with Crippen LogP contribution >= 0.6 is 15.6 Å². The summed E-state index contributed by atoms with van der Waals surface area (Å²) in [7, 11) is -9.79. The van der Waals surface area contributed by atoms with Crippen LogP contribution in [-0.2, 0) is 55.8 Å². The largest absolute Gasteiger partial charge is 0.472 e. The topological polar surface area (TPSA) is 231 Å². The van der Waals surface area contributed by atoms with Crippen LogP contribution in [0.1, 0.15) is 342 Å². The molecule has 105 heavy (non-hydrogen) atoms. The summed E-state index contributed by atoms with van der Waals surface area (Å²) in [5.74, 6) is -1.57. The lowest BCUT2D eigenvalue weighted by molar-refractivity contribution is -0.161. The third-order valence-corrected chi connectivity index (χ3v) is 19.3. The summed E-state index contributed by atoms with van der Waals surface area (Å²) in [6.45, 7) is 2.48. The van der Waals surface area contributed by atoms with E-state index >= 15 is 0 Å². The first kappa shape index (κ1) is 101. The van der Waals surface area contributed by atoms with Gasteiger partial charge in [0, 0.05) is 19.3 Å². The Hall–Kier alpha value is -4.31. The number of phosphoric acid groups is 2. The van der Waals surface area contributed by atoms with E-state index in [9.17, 15) is 43.5 Å². The molecule has 0 heterocycles. The lowest BCUT2D eigenvalue weighted by Crippen LogP contribution is -2.30. The highest BCUT2D eigenvalue weighted by atomic mass is 31.2. The van der Waals surface area contributed by atoms with Crippen LogP contribution in [-0.4, -0.2) is 95.9 Å². The number of aliphatic hydroxyl groups is 2. The van der Waals surface area contributed by atoms with Gasteiger partial charge >= 0.3 is 33.6 Å². The zero-order chi connectivity index (χ0) is 76.6. The standard InChI is InChI=1S/C87H150O16P2/c1-4-7-10-13-16-19-22-25-27-29-31-33-35-37-38-39-40-41-42-44-46-47-49-51-53-56-58-61-64-67-70-73-85(90)97-76-82(88)77-99-104(93,94)100-78-83(89)79-101-105(95,96)102-81-84(103-87(92)75-72-69-66-63-60-55-24-21-18-15-12-9-6-3)80-98-86(91)74-71-68-65-62-59-57-54-52-50-48-45-43-36-34-32-30-28-26-23-20-17-14-11-8-5-2/h7-8,10-11,16-17,19-20,25-28,31-34,37-38,40-41,43,45,82-84,88-89H,4-6,9,12-15,18,21-24,29-30,35-36,39,42,44,46-81H2,1-3H3,(H,93,94)(H,95,96)/b10-7-,11-8-,19-16-,20-17-,27-25-,28-26-,33-31-,34-32-,38-37-,41-40-,45-43-. The quantitative estimate of drug-likeness (QED) is 0.0146. The molecule has 0 spiro atoms. The molecule has 0 rings (SSSR count). The van der Waals surface area contributed by atoms with Crippen molar-refractivity contribution >= 4 is 33.6 Å². The lowest BCUT2D eigenvalue weighted by Gasteiger charge is -2.21. The minimum atomic E-state index is -4.93. The van der Waals surface area contributed by atoms with Crippen LogP contribution in [0.3, 0.4) is 0 Å². The molecule has 4 N–H and O–H groups in total. The van der Waals surface area contributed by atoms with Gasteiger partial charge < -0.3 is 34.2 Å². The zero-order valence-electron chi connectivity index (χ0n) is 66.1. The van der Waals surface area contributed by atoms with Gasteiger partial charge in [-0.2, -0.15) is 0 Å². The maximum absolute atomic E-state index is 13.0. The predicted molar refractivity (Wildman–Crippen MR) is 436 cm³/mol. The van der Waals surface area contributed by atoms with E-state index in [0.717, 1.165) is 154 Å². The van der Waals surface area contributed by atoms with Gasteiger partial charge in [0.15, 0.2) is 6.10 Å². The normalized spacial score (nSPS) is 14.6. The molecular formula is C87H150O16P2. The molecular weight excluding hydrogens is 1360 g/mol. The number of esters is 3. The Morgan fingerprint density at radius 1 is 0.276 bits per heavy atom. The molecule has 0 aliphatic rings. The van der Waals surface area contributed by atoms with Gasteiger partial charge in [-0.05, 0) is 116 Å². The molecule has 0 radical (unpaired) electrons. The number of ether oxygens (including phenoxy) is 3. The fraction of sp³-hybridized carbons (Fsp3) is 0.713. The average Bonchev–Trinajstić information content (AvgIpc) is 0.913. The second-order valence-corrected chi connectivity index (χ2v) is 30.4. The van der Waals surface area contributed by atoms with Crippen LogP contribution in [0.15, 0.2) is 134 Å². The highest BCUT2D eigenvalue weighted by molar-refractivity contribution is 7.47. The van der Waals surface area contributed by atoms with E-state index in [2.05, 4.69) is 154 Å². The highest BCUT2D eigenvalue weighted by Crippen LogP contribution is 2.45. The number of hydrogen-bond donors (Lipinski definition) is 4. The van der Waals surface area contributed by atoms with Crippen molar-refractivity contribution < 1.29 is 75.8 Å². The summed E-state index contributed by atoms with van der Waals surface area (Å²) in [6, 6.07) is 0. The smallest absolute Gasteiger partial charge is 0.463 e. The van der Waals surface area contributed by atoms with E-state index in [-0.39, 0.29) is 19.3 Å². The Morgan fingerprint density at radius 3 is 0.800 bits per heavy atom. The third kappa shape index (κ3) is 80.5. The number of carbonyl (C=O) groups excluding carboxylic acids is 3. The Balaban J connectivity index is 4.47. The maximum atomic E-state index is 13.0. The van der Waals surface area contributed by atoms with Crippen molar-refractivity contribution in [2.45, 2.75) is 360 Å². The van der Waals surface area contributed by atoms with E-state index in [1.807, 2.05) is 0 Å². The van der Waals surface area contributed by atoms with E-state index < -0.39 is 91.5 Å². The first-order chi connectivity index (χ1) is 51.2. The van der Waals surface area contributed by atoms with E-state index in [1.165, 1.54) is 128 Å². The summed E-state index contributed by atoms with van der Waals surface area (Å²) >= 11 is 0. The molecule has 5 unspecified atom stereocenters. The van der Waals surface area contributed by atoms with Crippen molar-refractivity contribution in [2.24, 2.45) is 0 Å². The molecule has 0 bridgehead atoms. The molecule has 0 amide bonds. The Labute approximate surface area is 639 Å². The fourth-order valence-electron chi connectivity index (χ4n) is 11.1. The molecule has 0 fully saturated rings. The molecule has 0 aromatic heterocycles. The number of hydrogen-bond acceptors (Lipinski definition) is 14. The van der Waals surface area contributed by atoms with Crippen LogP contribution in [0.4, 0.5) is 0 Å². The Kier molecular flexibility index (Phi) is 76.0. The number of phosphoric ester groups is 2. The second-order valence-electron chi connectivity index (χ2n) is 27.5. The van der Waals surface area contributed by atoms with Crippen LogP contribution in [0, 0.1) is 0 Å². The molecule has 0 saturated carbocycles. The van der Waals surface area contributed by atoms with Gasteiger partial charge in [-0.3, -0.25) is 32.5 Å². The van der Waals surface area contributed by atoms with Crippen LogP contribution in [0.5, 0.6) is 0 Å². The maximum Gasteiger partial charge on any atom is 0.472 e. The Bertz CT molecular complexity index is 2440. The van der Waals surface area contributed by atoms with Crippen LogP contribution < -0.4 is 0 Å². The lowest BCUT2D eigenvalue weighted by atomic mass is 10.0. The van der Waals surface area contributed by atoms with E-state index in [0.29, 0.717) is 19.3 Å². The van der Waals surface area contributed by atoms with Gasteiger partial charge in [0.2, 0.25) is 0 Å². The monoisotopic (exact) mass is 1510 g/mol. The number of unbranched alkanes of at least 4 members (excludes halogenated alkanes) is 33. The Morgan fingerprint density at radius 2 is 0.505 bits per heavy atom. The average molecular weight is 1510 g/mol. The fourth-order valence-corrected chi connectivity index (χ4v) is 12.7. The van der Waals surface area contributed by atoms with Gasteiger partial charge in [0.05, 0.1) is 26.4 Å². The molecule has 604 valence electrons. The van der Waals surface area contributed by atoms with Crippen molar-refractivity contribution in [1.29, 1.82) is 0 Å². The molecule has 0 aromatic carbocycles. The van der Waals surface area contributed by atoms with Gasteiger partial charge in [-0.1, -0.05) is 341 Å². The number of carbonyl (C=O) groups is 3. The van der Waals surface area contributed by atoms with Gasteiger partial charge in [-0.25, -0.2) is 9.13 Å². The predicted octanol–water partition coefficient (Wildman–Crippen LogP) is 24.7. The van der Waals surface area contributed by atoms with Crippen molar-refractivity contribution in [3.8, 4) is 0 Å². The number of aliphatic hydroxyl groups excluding tert-OH is 2. The first-order valence-corrected chi connectivity index (χ1v) is 44.5.